The highest BCUT2D eigenvalue weighted by atomic mass is 35.5. The molecule has 1 unspecified atom stereocenters. The van der Waals surface area contributed by atoms with Gasteiger partial charge in [-0.25, -0.2) is 0 Å². The van der Waals surface area contributed by atoms with E-state index in [1.165, 1.54) is 0 Å². The van der Waals surface area contributed by atoms with Gasteiger partial charge in [0.15, 0.2) is 0 Å². The van der Waals surface area contributed by atoms with Gasteiger partial charge in [-0.2, -0.15) is 0 Å². The molecule has 1 N–H and O–H groups in total. The molecule has 3 heteroatoms. The molecule has 0 amide bonds. The summed E-state index contributed by atoms with van der Waals surface area (Å²) in [5.41, 5.74) is 0.451. The van der Waals surface area contributed by atoms with Crippen molar-refractivity contribution in [1.82, 2.24) is 4.90 Å². The van der Waals surface area contributed by atoms with Crippen LogP contribution in [0.1, 0.15) is 19.3 Å². The maximum absolute atomic E-state index is 10.5. The number of likely N-dealkylation sites (tertiary alicyclic amines) is 1. The van der Waals surface area contributed by atoms with Crippen molar-refractivity contribution in [3.05, 3.63) is 23.8 Å². The first-order valence-corrected chi connectivity index (χ1v) is 5.98. The minimum atomic E-state index is -0.611. The minimum Gasteiger partial charge on any atom is -0.385 e. The van der Waals surface area contributed by atoms with E-state index >= 15 is 0 Å². The first kappa shape index (κ1) is 11.2. The fourth-order valence-electron chi connectivity index (χ4n) is 2.22. The maximum Gasteiger partial charge on any atom is 0.0917 e. The highest BCUT2D eigenvalue weighted by molar-refractivity contribution is 6.22. The van der Waals surface area contributed by atoms with Crippen molar-refractivity contribution in [2.75, 3.05) is 20.1 Å². The molecule has 0 spiro atoms. The first-order valence-electron chi connectivity index (χ1n) is 5.54. The molecule has 1 fully saturated rings. The summed E-state index contributed by atoms with van der Waals surface area (Å²) in [6.07, 6.45) is 8.55. The van der Waals surface area contributed by atoms with Crippen molar-refractivity contribution in [2.45, 2.75) is 30.2 Å². The number of allylic oxidation sites excluding steroid dienone is 2. The third kappa shape index (κ3) is 2.44. The molecule has 1 saturated heterocycles. The number of hydrogen-bond acceptors (Lipinski definition) is 2. The van der Waals surface area contributed by atoms with Crippen LogP contribution in [-0.2, 0) is 0 Å². The second-order valence-electron chi connectivity index (χ2n) is 4.61. The van der Waals surface area contributed by atoms with Gasteiger partial charge >= 0.3 is 0 Å². The summed E-state index contributed by atoms with van der Waals surface area (Å²) in [5.74, 6) is 0. The molecule has 0 saturated carbocycles. The Bertz CT molecular complexity index is 290. The lowest BCUT2D eigenvalue weighted by Gasteiger charge is -2.38. The number of halogens is 1. The van der Waals surface area contributed by atoms with Gasteiger partial charge in [0.1, 0.15) is 0 Å². The average molecular weight is 228 g/mol. The second-order valence-corrected chi connectivity index (χ2v) is 5.17. The Labute approximate surface area is 96.2 Å². The monoisotopic (exact) mass is 227 g/mol. The topological polar surface area (TPSA) is 23.5 Å². The number of aliphatic hydroxyl groups is 1. The van der Waals surface area contributed by atoms with Gasteiger partial charge in [-0.15, -0.1) is 11.6 Å². The van der Waals surface area contributed by atoms with Gasteiger partial charge in [-0.1, -0.05) is 18.2 Å². The zero-order valence-corrected chi connectivity index (χ0v) is 9.87. The molecule has 0 aromatic carbocycles. The Balaban J connectivity index is 2.07. The molecule has 0 aromatic heterocycles. The predicted octanol–water partition coefficient (Wildman–Crippen LogP) is 1.94. The third-order valence-corrected chi connectivity index (χ3v) is 3.72. The molecule has 0 bridgehead atoms. The standard InChI is InChI=1S/C12H18ClNO/c1-14-8-6-12(15,7-9-14)10-2-4-11(13)5-3-10/h2-4,11,15H,5-9H2,1H3. The summed E-state index contributed by atoms with van der Waals surface area (Å²) in [6, 6.07) is 0. The van der Waals surface area contributed by atoms with E-state index < -0.39 is 5.60 Å². The molecule has 1 aliphatic carbocycles. The number of hydrogen-bond donors (Lipinski definition) is 1. The van der Waals surface area contributed by atoms with E-state index in [-0.39, 0.29) is 5.38 Å². The van der Waals surface area contributed by atoms with Crippen molar-refractivity contribution in [1.29, 1.82) is 0 Å². The molecule has 2 nitrogen and oxygen atoms in total. The molecule has 2 aliphatic rings. The quantitative estimate of drug-likeness (QED) is 0.693. The smallest absolute Gasteiger partial charge is 0.0917 e. The number of piperidine rings is 1. The average Bonchev–Trinajstić information content (AvgIpc) is 2.24. The van der Waals surface area contributed by atoms with Crippen molar-refractivity contribution >= 4 is 11.6 Å². The highest BCUT2D eigenvalue weighted by Crippen LogP contribution is 2.32. The largest absolute Gasteiger partial charge is 0.385 e. The second kappa shape index (κ2) is 4.28. The molecule has 0 aromatic rings. The number of nitrogens with zero attached hydrogens (tertiary/aromatic N) is 1. The van der Waals surface area contributed by atoms with Crippen LogP contribution >= 0.6 is 11.6 Å². The summed E-state index contributed by atoms with van der Waals surface area (Å²) in [5, 5.41) is 10.6. The fourth-order valence-corrected chi connectivity index (χ4v) is 2.38. The molecule has 84 valence electrons. The maximum atomic E-state index is 10.5. The Morgan fingerprint density at radius 1 is 1.47 bits per heavy atom. The van der Waals surface area contributed by atoms with Gasteiger partial charge in [0.05, 0.1) is 11.0 Å². The van der Waals surface area contributed by atoms with Crippen molar-refractivity contribution in [3.63, 3.8) is 0 Å². The molecule has 2 rings (SSSR count). The molecule has 1 aliphatic heterocycles. The summed E-state index contributed by atoms with van der Waals surface area (Å²) < 4.78 is 0. The highest BCUT2D eigenvalue weighted by Gasteiger charge is 2.34. The van der Waals surface area contributed by atoms with E-state index in [1.54, 1.807) is 0 Å². The zero-order chi connectivity index (χ0) is 10.9. The lowest BCUT2D eigenvalue weighted by atomic mass is 9.82. The number of alkyl halides is 1. The van der Waals surface area contributed by atoms with Gasteiger partial charge in [-0.3, -0.25) is 0 Å². The van der Waals surface area contributed by atoms with Gasteiger partial charge in [0, 0.05) is 13.1 Å². The Kier molecular flexibility index (Phi) is 3.19. The van der Waals surface area contributed by atoms with Gasteiger partial charge in [0.2, 0.25) is 0 Å². The SMILES string of the molecule is CN1CCC(O)(C2=CCC(Cl)C=C2)CC1. The molecule has 0 radical (unpaired) electrons. The van der Waals surface area contributed by atoms with Crippen LogP contribution in [0.15, 0.2) is 23.8 Å². The Hall–Kier alpha value is -0.310. The molecule has 15 heavy (non-hydrogen) atoms. The zero-order valence-electron chi connectivity index (χ0n) is 9.12. The van der Waals surface area contributed by atoms with E-state index in [2.05, 4.69) is 18.0 Å². The molecular formula is C12H18ClNO. The van der Waals surface area contributed by atoms with Gasteiger partial charge in [-0.05, 0) is 31.9 Å². The van der Waals surface area contributed by atoms with Crippen LogP contribution in [-0.4, -0.2) is 41.1 Å². The lowest BCUT2D eigenvalue weighted by Crippen LogP contribution is -2.44. The van der Waals surface area contributed by atoms with Crippen LogP contribution < -0.4 is 0 Å². The van der Waals surface area contributed by atoms with E-state index in [1.807, 2.05) is 12.2 Å². The third-order valence-electron chi connectivity index (χ3n) is 3.40. The van der Waals surface area contributed by atoms with E-state index in [0.717, 1.165) is 37.9 Å². The fraction of sp³-hybridized carbons (Fsp3) is 0.667. The summed E-state index contributed by atoms with van der Waals surface area (Å²) in [7, 11) is 2.10. The van der Waals surface area contributed by atoms with Crippen molar-refractivity contribution in [3.8, 4) is 0 Å². The molecular weight excluding hydrogens is 210 g/mol. The van der Waals surface area contributed by atoms with Crippen molar-refractivity contribution in [2.24, 2.45) is 0 Å². The number of rotatable bonds is 1. The van der Waals surface area contributed by atoms with E-state index in [0.29, 0.717) is 0 Å². The van der Waals surface area contributed by atoms with Gasteiger partial charge < -0.3 is 10.0 Å². The van der Waals surface area contributed by atoms with Crippen LogP contribution in [0.4, 0.5) is 0 Å². The Morgan fingerprint density at radius 3 is 2.67 bits per heavy atom. The van der Waals surface area contributed by atoms with Crippen LogP contribution in [0, 0.1) is 0 Å². The van der Waals surface area contributed by atoms with Crippen LogP contribution in [0.25, 0.3) is 0 Å². The van der Waals surface area contributed by atoms with Crippen LogP contribution in [0.2, 0.25) is 0 Å². The summed E-state index contributed by atoms with van der Waals surface area (Å²) >= 11 is 5.97. The van der Waals surface area contributed by atoms with Gasteiger partial charge in [0.25, 0.3) is 0 Å². The lowest BCUT2D eigenvalue weighted by molar-refractivity contribution is 0.0188. The predicted molar refractivity (Wildman–Crippen MR) is 63.2 cm³/mol. The van der Waals surface area contributed by atoms with E-state index in [9.17, 15) is 5.11 Å². The summed E-state index contributed by atoms with van der Waals surface area (Å²) in [4.78, 5) is 2.26. The van der Waals surface area contributed by atoms with E-state index in [4.69, 9.17) is 11.6 Å². The van der Waals surface area contributed by atoms with Crippen molar-refractivity contribution < 1.29 is 5.11 Å². The minimum absolute atomic E-state index is 0.101. The first-order chi connectivity index (χ1) is 7.10. The van der Waals surface area contributed by atoms with Crippen LogP contribution in [0.3, 0.4) is 0 Å². The van der Waals surface area contributed by atoms with Crippen LogP contribution in [0.5, 0.6) is 0 Å². The summed E-state index contributed by atoms with van der Waals surface area (Å²) in [6.45, 7) is 1.93. The Morgan fingerprint density at radius 2 is 2.13 bits per heavy atom. The molecule has 1 heterocycles. The normalized spacial score (nSPS) is 31.4. The molecule has 1 atom stereocenters.